The second kappa shape index (κ2) is 7.72. The van der Waals surface area contributed by atoms with Crippen molar-refractivity contribution in [1.82, 2.24) is 5.32 Å². The molecule has 0 radical (unpaired) electrons. The summed E-state index contributed by atoms with van der Waals surface area (Å²) >= 11 is 4.03. The van der Waals surface area contributed by atoms with Crippen LogP contribution < -0.4 is 5.32 Å². The molecule has 0 spiro atoms. The van der Waals surface area contributed by atoms with E-state index in [4.69, 9.17) is 4.74 Å². The summed E-state index contributed by atoms with van der Waals surface area (Å²) in [7, 11) is 0. The Kier molecular flexibility index (Phi) is 7.46. The first-order valence-corrected chi connectivity index (χ1v) is 4.46. The zero-order valence-corrected chi connectivity index (χ0v) is 7.69. The largest absolute Gasteiger partial charge is 0.450 e. The summed E-state index contributed by atoms with van der Waals surface area (Å²) in [5, 5.41) is 2.54. The first-order valence-electron chi connectivity index (χ1n) is 3.82. The number of rotatable bonds is 5. The number of carbonyl (C=O) groups excluding carboxylic acids is 1. The third-order valence-electron chi connectivity index (χ3n) is 1.11. The molecule has 66 valence electrons. The monoisotopic (exact) mass is 177 g/mol. The summed E-state index contributed by atoms with van der Waals surface area (Å²) < 4.78 is 4.80. The van der Waals surface area contributed by atoms with Crippen LogP contribution in [0.2, 0.25) is 0 Å². The van der Waals surface area contributed by atoms with Gasteiger partial charge in [-0.3, -0.25) is 0 Å². The van der Waals surface area contributed by atoms with E-state index in [-0.39, 0.29) is 6.09 Å². The zero-order chi connectivity index (χ0) is 8.53. The van der Waals surface area contributed by atoms with Gasteiger partial charge in [-0.2, -0.15) is 12.6 Å². The molecule has 1 N–H and O–H groups in total. The van der Waals surface area contributed by atoms with E-state index in [1.165, 1.54) is 0 Å². The molecule has 0 saturated heterocycles. The molecule has 1 amide bonds. The van der Waals surface area contributed by atoms with Crippen molar-refractivity contribution >= 4 is 18.7 Å². The SMILES string of the molecule is CCNC(=O)OCCCCS. The first-order chi connectivity index (χ1) is 5.31. The van der Waals surface area contributed by atoms with Crippen LogP contribution >= 0.6 is 12.6 Å². The van der Waals surface area contributed by atoms with Gasteiger partial charge < -0.3 is 10.1 Å². The Balaban J connectivity index is 3.04. The molecule has 0 aliphatic heterocycles. The second-order valence-electron chi connectivity index (χ2n) is 2.10. The molecule has 0 unspecified atom stereocenters. The van der Waals surface area contributed by atoms with Crippen molar-refractivity contribution in [2.45, 2.75) is 19.8 Å². The summed E-state index contributed by atoms with van der Waals surface area (Å²) in [6.45, 7) is 2.97. The summed E-state index contributed by atoms with van der Waals surface area (Å²) in [6, 6.07) is 0. The fraction of sp³-hybridized carbons (Fsp3) is 0.857. The molecule has 0 aromatic carbocycles. The number of ether oxygens (including phenoxy) is 1. The number of alkyl carbamates (subject to hydrolysis) is 1. The number of thiol groups is 1. The summed E-state index contributed by atoms with van der Waals surface area (Å²) in [5.74, 6) is 0.846. The molecule has 0 aliphatic carbocycles. The molecular weight excluding hydrogens is 162 g/mol. The molecule has 0 atom stereocenters. The molecule has 0 aromatic rings. The number of carbonyl (C=O) groups is 1. The predicted octanol–water partition coefficient (Wildman–Crippen LogP) is 1.44. The third-order valence-corrected chi connectivity index (χ3v) is 1.42. The topological polar surface area (TPSA) is 38.3 Å². The lowest BCUT2D eigenvalue weighted by Crippen LogP contribution is -2.23. The van der Waals surface area contributed by atoms with Crippen molar-refractivity contribution in [2.24, 2.45) is 0 Å². The van der Waals surface area contributed by atoms with Gasteiger partial charge in [0.15, 0.2) is 0 Å². The number of hydrogen-bond acceptors (Lipinski definition) is 3. The molecule has 3 nitrogen and oxygen atoms in total. The normalized spacial score (nSPS) is 9.27. The van der Waals surface area contributed by atoms with E-state index < -0.39 is 0 Å². The highest BCUT2D eigenvalue weighted by atomic mass is 32.1. The zero-order valence-electron chi connectivity index (χ0n) is 6.80. The number of amides is 1. The Morgan fingerprint density at radius 2 is 2.27 bits per heavy atom. The Labute approximate surface area is 72.9 Å². The molecule has 0 heterocycles. The first kappa shape index (κ1) is 10.6. The van der Waals surface area contributed by atoms with Crippen LogP contribution in [-0.4, -0.2) is 25.0 Å². The van der Waals surface area contributed by atoms with Gasteiger partial charge in [0.1, 0.15) is 0 Å². The smallest absolute Gasteiger partial charge is 0.407 e. The van der Waals surface area contributed by atoms with Crippen LogP contribution in [0, 0.1) is 0 Å². The van der Waals surface area contributed by atoms with Gasteiger partial charge in [0.2, 0.25) is 0 Å². The van der Waals surface area contributed by atoms with E-state index in [2.05, 4.69) is 17.9 Å². The average Bonchev–Trinajstić information content (AvgIpc) is 1.99. The molecule has 0 aliphatic rings. The Morgan fingerprint density at radius 1 is 1.55 bits per heavy atom. The summed E-state index contributed by atoms with van der Waals surface area (Å²) in [6.07, 6.45) is 1.55. The van der Waals surface area contributed by atoms with Crippen molar-refractivity contribution in [2.75, 3.05) is 18.9 Å². The van der Waals surface area contributed by atoms with Crippen molar-refractivity contribution in [3.8, 4) is 0 Å². The van der Waals surface area contributed by atoms with Gasteiger partial charge in [0.05, 0.1) is 6.61 Å². The van der Waals surface area contributed by atoms with Crippen LogP contribution in [0.3, 0.4) is 0 Å². The summed E-state index contributed by atoms with van der Waals surface area (Å²) in [5.41, 5.74) is 0. The Bertz CT molecular complexity index is 109. The van der Waals surface area contributed by atoms with Gasteiger partial charge in [0, 0.05) is 6.54 Å². The fourth-order valence-corrected chi connectivity index (χ4v) is 0.798. The number of unbranched alkanes of at least 4 members (excludes halogenated alkanes) is 1. The van der Waals surface area contributed by atoms with Crippen LogP contribution in [-0.2, 0) is 4.74 Å². The molecular formula is C7H15NO2S. The van der Waals surface area contributed by atoms with Gasteiger partial charge in [-0.15, -0.1) is 0 Å². The number of nitrogens with one attached hydrogen (secondary N) is 1. The van der Waals surface area contributed by atoms with Crippen LogP contribution in [0.15, 0.2) is 0 Å². The van der Waals surface area contributed by atoms with E-state index in [1.54, 1.807) is 0 Å². The molecule has 0 saturated carbocycles. The molecule has 11 heavy (non-hydrogen) atoms. The van der Waals surface area contributed by atoms with Gasteiger partial charge in [-0.25, -0.2) is 4.79 Å². The Morgan fingerprint density at radius 3 is 2.82 bits per heavy atom. The van der Waals surface area contributed by atoms with Gasteiger partial charge >= 0.3 is 6.09 Å². The lowest BCUT2D eigenvalue weighted by molar-refractivity contribution is 0.145. The highest BCUT2D eigenvalue weighted by molar-refractivity contribution is 7.80. The van der Waals surface area contributed by atoms with Crippen molar-refractivity contribution < 1.29 is 9.53 Å². The lowest BCUT2D eigenvalue weighted by Gasteiger charge is -2.03. The minimum absolute atomic E-state index is 0.327. The second-order valence-corrected chi connectivity index (χ2v) is 2.54. The maximum absolute atomic E-state index is 10.7. The Hall–Kier alpha value is -0.380. The maximum atomic E-state index is 10.7. The van der Waals surface area contributed by atoms with E-state index >= 15 is 0 Å². The fourth-order valence-electron chi connectivity index (χ4n) is 0.574. The highest BCUT2D eigenvalue weighted by Gasteiger charge is 1.96. The van der Waals surface area contributed by atoms with Gasteiger partial charge in [-0.05, 0) is 25.5 Å². The van der Waals surface area contributed by atoms with Crippen molar-refractivity contribution in [3.63, 3.8) is 0 Å². The van der Waals surface area contributed by atoms with Gasteiger partial charge in [0.25, 0.3) is 0 Å². The van der Waals surface area contributed by atoms with Crippen molar-refractivity contribution in [1.29, 1.82) is 0 Å². The molecule has 0 rings (SSSR count). The summed E-state index contributed by atoms with van der Waals surface area (Å²) in [4.78, 5) is 10.7. The van der Waals surface area contributed by atoms with E-state index in [1.807, 2.05) is 6.92 Å². The molecule has 4 heteroatoms. The van der Waals surface area contributed by atoms with Crippen LogP contribution in [0.4, 0.5) is 4.79 Å². The third kappa shape index (κ3) is 7.52. The quantitative estimate of drug-likeness (QED) is 0.492. The highest BCUT2D eigenvalue weighted by Crippen LogP contribution is 1.91. The van der Waals surface area contributed by atoms with Crippen molar-refractivity contribution in [3.05, 3.63) is 0 Å². The van der Waals surface area contributed by atoms with Crippen LogP contribution in [0.5, 0.6) is 0 Å². The van der Waals surface area contributed by atoms with Gasteiger partial charge in [-0.1, -0.05) is 0 Å². The molecule has 0 aromatic heterocycles. The average molecular weight is 177 g/mol. The van der Waals surface area contributed by atoms with E-state index in [9.17, 15) is 4.79 Å². The van der Waals surface area contributed by atoms with E-state index in [0.29, 0.717) is 13.2 Å². The number of hydrogen-bond donors (Lipinski definition) is 2. The predicted molar refractivity (Wildman–Crippen MR) is 48.1 cm³/mol. The maximum Gasteiger partial charge on any atom is 0.407 e. The molecule has 0 fully saturated rings. The van der Waals surface area contributed by atoms with E-state index in [0.717, 1.165) is 18.6 Å². The standard InChI is InChI=1S/C7H15NO2S/c1-2-8-7(9)10-5-3-4-6-11/h11H,2-6H2,1H3,(H,8,9). The minimum atomic E-state index is -0.327. The minimum Gasteiger partial charge on any atom is -0.450 e. The lowest BCUT2D eigenvalue weighted by atomic mass is 10.4. The van der Waals surface area contributed by atoms with Crippen LogP contribution in [0.25, 0.3) is 0 Å². The van der Waals surface area contributed by atoms with Crippen LogP contribution in [0.1, 0.15) is 19.8 Å². The molecule has 0 bridgehead atoms.